The van der Waals surface area contributed by atoms with Gasteiger partial charge in [-0.05, 0) is 19.5 Å². The molecule has 0 bridgehead atoms. The smallest absolute Gasteiger partial charge is 0.125 e. The second kappa shape index (κ2) is 6.33. The quantitative estimate of drug-likeness (QED) is 0.864. The number of hydrogen-bond donors (Lipinski definition) is 0. The Morgan fingerprint density at radius 3 is 2.52 bits per heavy atom. The van der Waals surface area contributed by atoms with E-state index in [1.54, 1.807) is 0 Å². The van der Waals surface area contributed by atoms with E-state index in [1.807, 2.05) is 19.3 Å². The predicted molar refractivity (Wildman–Crippen MR) is 83.9 cm³/mol. The van der Waals surface area contributed by atoms with Crippen molar-refractivity contribution < 1.29 is 0 Å². The fourth-order valence-corrected chi connectivity index (χ4v) is 2.87. The summed E-state index contributed by atoms with van der Waals surface area (Å²) in [6, 6.07) is 11.2. The highest BCUT2D eigenvalue weighted by Gasteiger charge is 2.25. The Kier molecular flexibility index (Phi) is 4.27. The molecule has 110 valence electrons. The fourth-order valence-electron chi connectivity index (χ4n) is 2.87. The number of hydrogen-bond acceptors (Lipinski definition) is 4. The van der Waals surface area contributed by atoms with Crippen molar-refractivity contribution in [3.05, 3.63) is 59.7 Å². The van der Waals surface area contributed by atoms with Gasteiger partial charge < -0.3 is 0 Å². The van der Waals surface area contributed by atoms with E-state index >= 15 is 0 Å². The second-order valence-electron chi connectivity index (χ2n) is 5.78. The lowest BCUT2D eigenvalue weighted by atomic mass is 10.0. The van der Waals surface area contributed by atoms with Gasteiger partial charge in [-0.1, -0.05) is 30.3 Å². The molecule has 4 nitrogen and oxygen atoms in total. The van der Waals surface area contributed by atoms with E-state index in [0.29, 0.717) is 6.04 Å². The number of likely N-dealkylation sites (N-methyl/N-ethyl adjacent to an activating group) is 1. The zero-order valence-corrected chi connectivity index (χ0v) is 12.7. The van der Waals surface area contributed by atoms with Gasteiger partial charge in [0.05, 0.1) is 0 Å². The van der Waals surface area contributed by atoms with Gasteiger partial charge in [-0.2, -0.15) is 0 Å². The molecule has 0 aliphatic carbocycles. The Bertz CT molecular complexity index is 567. The van der Waals surface area contributed by atoms with Gasteiger partial charge in [0.15, 0.2) is 0 Å². The van der Waals surface area contributed by atoms with E-state index in [4.69, 9.17) is 0 Å². The van der Waals surface area contributed by atoms with Crippen molar-refractivity contribution in [2.24, 2.45) is 0 Å². The highest BCUT2D eigenvalue weighted by Crippen LogP contribution is 2.24. The minimum atomic E-state index is 0.464. The van der Waals surface area contributed by atoms with Gasteiger partial charge in [-0.25, -0.2) is 9.97 Å². The number of aryl methyl sites for hydroxylation is 1. The van der Waals surface area contributed by atoms with Gasteiger partial charge in [0.1, 0.15) is 5.82 Å². The molecular formula is C17H22N4. The standard InChI is InChI=1S/C17H22N4/c1-14-18-10-15(11-19-14)12-21-9-8-20(2)17(13-21)16-6-4-3-5-7-16/h3-7,10-11,17H,8-9,12-13H2,1-2H3. The average Bonchev–Trinajstić information content (AvgIpc) is 2.52. The summed E-state index contributed by atoms with van der Waals surface area (Å²) in [7, 11) is 2.21. The summed E-state index contributed by atoms with van der Waals surface area (Å²) in [5.41, 5.74) is 2.59. The molecule has 1 fully saturated rings. The number of piperazine rings is 1. The lowest BCUT2D eigenvalue weighted by Crippen LogP contribution is -2.46. The summed E-state index contributed by atoms with van der Waals surface area (Å²) < 4.78 is 0. The number of benzene rings is 1. The maximum Gasteiger partial charge on any atom is 0.125 e. The van der Waals surface area contributed by atoms with Crippen LogP contribution < -0.4 is 0 Å². The molecule has 0 amide bonds. The van der Waals surface area contributed by atoms with Crippen LogP contribution in [0, 0.1) is 6.92 Å². The molecular weight excluding hydrogens is 260 g/mol. The summed E-state index contributed by atoms with van der Waals surface area (Å²) in [6.45, 7) is 6.08. The minimum absolute atomic E-state index is 0.464. The van der Waals surface area contributed by atoms with Gasteiger partial charge in [0.2, 0.25) is 0 Å². The van der Waals surface area contributed by atoms with E-state index in [1.165, 1.54) is 11.1 Å². The molecule has 4 heteroatoms. The monoisotopic (exact) mass is 282 g/mol. The maximum atomic E-state index is 4.29. The Balaban J connectivity index is 1.69. The van der Waals surface area contributed by atoms with Crippen LogP contribution in [0.15, 0.2) is 42.7 Å². The molecule has 1 unspecified atom stereocenters. The molecule has 0 saturated carbocycles. The van der Waals surface area contributed by atoms with E-state index in [2.05, 4.69) is 57.1 Å². The van der Waals surface area contributed by atoms with Gasteiger partial charge >= 0.3 is 0 Å². The third kappa shape index (κ3) is 3.46. The molecule has 1 aliphatic heterocycles. The first-order valence-corrected chi connectivity index (χ1v) is 7.47. The molecule has 1 aromatic heterocycles. The van der Waals surface area contributed by atoms with Gasteiger partial charge in [0.25, 0.3) is 0 Å². The lowest BCUT2D eigenvalue weighted by molar-refractivity contribution is 0.0903. The van der Waals surface area contributed by atoms with Crippen LogP contribution in [0.25, 0.3) is 0 Å². The van der Waals surface area contributed by atoms with Crippen LogP contribution in [-0.2, 0) is 6.54 Å². The van der Waals surface area contributed by atoms with Crippen molar-refractivity contribution in [2.75, 3.05) is 26.7 Å². The van der Waals surface area contributed by atoms with E-state index in [-0.39, 0.29) is 0 Å². The normalized spacial score (nSPS) is 20.6. The highest BCUT2D eigenvalue weighted by atomic mass is 15.3. The summed E-state index contributed by atoms with van der Waals surface area (Å²) >= 11 is 0. The lowest BCUT2D eigenvalue weighted by Gasteiger charge is -2.39. The SMILES string of the molecule is Cc1ncc(CN2CCN(C)C(c3ccccc3)C2)cn1. The van der Waals surface area contributed by atoms with Crippen molar-refractivity contribution in [1.82, 2.24) is 19.8 Å². The van der Waals surface area contributed by atoms with Crippen molar-refractivity contribution in [2.45, 2.75) is 19.5 Å². The molecule has 1 atom stereocenters. The summed E-state index contributed by atoms with van der Waals surface area (Å²) in [4.78, 5) is 13.5. The molecule has 1 aromatic carbocycles. The zero-order valence-electron chi connectivity index (χ0n) is 12.7. The molecule has 0 radical (unpaired) electrons. The average molecular weight is 282 g/mol. The summed E-state index contributed by atoms with van der Waals surface area (Å²) in [5.74, 6) is 0.833. The molecule has 0 N–H and O–H groups in total. The van der Waals surface area contributed by atoms with Gasteiger partial charge in [0, 0.05) is 50.2 Å². The largest absolute Gasteiger partial charge is 0.297 e. The van der Waals surface area contributed by atoms with Crippen LogP contribution in [-0.4, -0.2) is 46.4 Å². The molecule has 21 heavy (non-hydrogen) atoms. The molecule has 1 saturated heterocycles. The molecule has 1 aliphatic rings. The van der Waals surface area contributed by atoms with Crippen LogP contribution >= 0.6 is 0 Å². The predicted octanol–water partition coefficient (Wildman–Crippen LogP) is 2.27. The van der Waals surface area contributed by atoms with Gasteiger partial charge in [-0.15, -0.1) is 0 Å². The third-order valence-electron chi connectivity index (χ3n) is 4.16. The van der Waals surface area contributed by atoms with Crippen molar-refractivity contribution >= 4 is 0 Å². The van der Waals surface area contributed by atoms with Crippen LogP contribution in [0.3, 0.4) is 0 Å². The highest BCUT2D eigenvalue weighted by molar-refractivity contribution is 5.20. The van der Waals surface area contributed by atoms with E-state index in [9.17, 15) is 0 Å². The zero-order chi connectivity index (χ0) is 14.7. The van der Waals surface area contributed by atoms with Crippen LogP contribution in [0.2, 0.25) is 0 Å². The maximum absolute atomic E-state index is 4.29. The molecule has 3 rings (SSSR count). The second-order valence-corrected chi connectivity index (χ2v) is 5.78. The Morgan fingerprint density at radius 2 is 1.81 bits per heavy atom. The summed E-state index contributed by atoms with van der Waals surface area (Å²) in [5, 5.41) is 0. The van der Waals surface area contributed by atoms with Crippen LogP contribution in [0.1, 0.15) is 23.0 Å². The van der Waals surface area contributed by atoms with Crippen molar-refractivity contribution in [3.63, 3.8) is 0 Å². The Labute approximate surface area is 126 Å². The van der Waals surface area contributed by atoms with Gasteiger partial charge in [-0.3, -0.25) is 9.80 Å². The first-order chi connectivity index (χ1) is 10.2. The first-order valence-electron chi connectivity index (χ1n) is 7.47. The topological polar surface area (TPSA) is 32.3 Å². The number of nitrogens with zero attached hydrogens (tertiary/aromatic N) is 4. The van der Waals surface area contributed by atoms with E-state index < -0.39 is 0 Å². The van der Waals surface area contributed by atoms with Crippen LogP contribution in [0.4, 0.5) is 0 Å². The third-order valence-corrected chi connectivity index (χ3v) is 4.16. The van der Waals surface area contributed by atoms with Crippen molar-refractivity contribution in [1.29, 1.82) is 0 Å². The molecule has 2 heterocycles. The number of aromatic nitrogens is 2. The Hall–Kier alpha value is -1.78. The Morgan fingerprint density at radius 1 is 1.10 bits per heavy atom. The van der Waals surface area contributed by atoms with Crippen molar-refractivity contribution in [3.8, 4) is 0 Å². The number of rotatable bonds is 3. The summed E-state index contributed by atoms with van der Waals surface area (Å²) in [6.07, 6.45) is 3.89. The van der Waals surface area contributed by atoms with Crippen LogP contribution in [0.5, 0.6) is 0 Å². The first kappa shape index (κ1) is 14.2. The van der Waals surface area contributed by atoms with E-state index in [0.717, 1.165) is 32.0 Å². The fraction of sp³-hybridized carbons (Fsp3) is 0.412. The molecule has 2 aromatic rings. The molecule has 0 spiro atoms. The minimum Gasteiger partial charge on any atom is -0.297 e.